The Morgan fingerprint density at radius 1 is 1.08 bits per heavy atom. The van der Waals surface area contributed by atoms with Crippen LogP contribution in [0.2, 0.25) is 0 Å². The Morgan fingerprint density at radius 3 is 2.08 bits per heavy atom. The highest BCUT2D eigenvalue weighted by Gasteiger charge is 2.20. The molecule has 0 spiro atoms. The molecule has 0 unspecified atom stereocenters. The zero-order valence-electron chi connectivity index (χ0n) is 14.0. The predicted octanol–water partition coefficient (Wildman–Crippen LogP) is 2.85. The van der Waals surface area contributed by atoms with Gasteiger partial charge in [0.2, 0.25) is 5.75 Å². The number of nitriles is 1. The van der Waals surface area contributed by atoms with E-state index >= 15 is 0 Å². The summed E-state index contributed by atoms with van der Waals surface area (Å²) in [5, 5.41) is 11.9. The predicted molar refractivity (Wildman–Crippen MR) is 88.3 cm³/mol. The molecule has 2 rings (SSSR count). The molecule has 1 atom stereocenters. The fourth-order valence-corrected chi connectivity index (χ4v) is 2.27. The molecule has 2 aromatic carbocycles. The molecule has 0 saturated carbocycles. The second-order valence-corrected chi connectivity index (χ2v) is 5.00. The molecule has 0 aliphatic rings. The molecule has 130 valence electrons. The Labute approximate surface area is 144 Å². The standard InChI is InChI=1S/C18H17FN2O4/c1-23-15-8-12(9-16(24-2)17(15)25-3)18(22)21-14(10-20)11-4-6-13(19)7-5-11/h4-9,14H,1-3H3,(H,21,22)/t14-/m1/s1. The van der Waals surface area contributed by atoms with Crippen molar-refractivity contribution in [3.63, 3.8) is 0 Å². The molecule has 0 radical (unpaired) electrons. The zero-order valence-corrected chi connectivity index (χ0v) is 14.0. The lowest BCUT2D eigenvalue weighted by Gasteiger charge is -2.16. The summed E-state index contributed by atoms with van der Waals surface area (Å²) in [6.45, 7) is 0. The summed E-state index contributed by atoms with van der Waals surface area (Å²) in [5.74, 6) is 0.0769. The van der Waals surface area contributed by atoms with E-state index in [0.29, 0.717) is 22.8 Å². The van der Waals surface area contributed by atoms with Crippen molar-refractivity contribution in [1.29, 1.82) is 5.26 Å². The molecule has 0 heterocycles. The molecular weight excluding hydrogens is 327 g/mol. The zero-order chi connectivity index (χ0) is 18.4. The van der Waals surface area contributed by atoms with Crippen LogP contribution in [-0.2, 0) is 0 Å². The van der Waals surface area contributed by atoms with Crippen molar-refractivity contribution in [3.8, 4) is 23.3 Å². The molecule has 0 saturated heterocycles. The van der Waals surface area contributed by atoms with E-state index in [1.54, 1.807) is 0 Å². The first-order chi connectivity index (χ1) is 12.0. The van der Waals surface area contributed by atoms with E-state index in [2.05, 4.69) is 5.32 Å². The second kappa shape index (κ2) is 8.02. The highest BCUT2D eigenvalue weighted by atomic mass is 19.1. The average Bonchev–Trinajstić information content (AvgIpc) is 2.65. The van der Waals surface area contributed by atoms with E-state index < -0.39 is 17.8 Å². The van der Waals surface area contributed by atoms with Crippen LogP contribution in [0.3, 0.4) is 0 Å². The van der Waals surface area contributed by atoms with Crippen LogP contribution >= 0.6 is 0 Å². The first kappa shape index (κ1) is 18.1. The van der Waals surface area contributed by atoms with Gasteiger partial charge < -0.3 is 19.5 Å². The van der Waals surface area contributed by atoms with Crippen LogP contribution < -0.4 is 19.5 Å². The Kier molecular flexibility index (Phi) is 5.79. The van der Waals surface area contributed by atoms with Crippen molar-refractivity contribution >= 4 is 5.91 Å². The lowest BCUT2D eigenvalue weighted by Crippen LogP contribution is -2.27. The molecule has 0 fully saturated rings. The van der Waals surface area contributed by atoms with Gasteiger partial charge in [-0.05, 0) is 29.8 Å². The van der Waals surface area contributed by atoms with E-state index in [1.807, 2.05) is 6.07 Å². The minimum absolute atomic E-state index is 0.233. The van der Waals surface area contributed by atoms with E-state index in [0.717, 1.165) is 0 Å². The Hall–Kier alpha value is -3.27. The number of hydrogen-bond acceptors (Lipinski definition) is 5. The van der Waals surface area contributed by atoms with Gasteiger partial charge in [0.25, 0.3) is 5.91 Å². The number of nitrogens with one attached hydrogen (secondary N) is 1. The van der Waals surface area contributed by atoms with Gasteiger partial charge in [0.1, 0.15) is 11.9 Å². The molecule has 6 nitrogen and oxygen atoms in total. The van der Waals surface area contributed by atoms with Crippen LogP contribution in [0, 0.1) is 17.1 Å². The van der Waals surface area contributed by atoms with Crippen molar-refractivity contribution in [1.82, 2.24) is 5.32 Å². The topological polar surface area (TPSA) is 80.6 Å². The maximum atomic E-state index is 13.0. The smallest absolute Gasteiger partial charge is 0.252 e. The van der Waals surface area contributed by atoms with Crippen molar-refractivity contribution in [2.45, 2.75) is 6.04 Å². The molecule has 1 N–H and O–H groups in total. The number of rotatable bonds is 6. The number of nitrogens with zero attached hydrogens (tertiary/aromatic N) is 1. The number of halogens is 1. The number of benzene rings is 2. The number of ether oxygens (including phenoxy) is 3. The number of carbonyl (C=O) groups is 1. The van der Waals surface area contributed by atoms with Gasteiger partial charge in [0.05, 0.1) is 27.4 Å². The lowest BCUT2D eigenvalue weighted by atomic mass is 10.1. The van der Waals surface area contributed by atoms with Gasteiger partial charge in [0, 0.05) is 5.56 Å². The fourth-order valence-electron chi connectivity index (χ4n) is 2.27. The summed E-state index contributed by atoms with van der Waals surface area (Å²) in [7, 11) is 4.34. The van der Waals surface area contributed by atoms with Gasteiger partial charge in [-0.25, -0.2) is 4.39 Å². The van der Waals surface area contributed by atoms with Crippen LogP contribution in [0.15, 0.2) is 36.4 Å². The summed E-state index contributed by atoms with van der Waals surface area (Å²) in [5.41, 5.74) is 0.710. The maximum Gasteiger partial charge on any atom is 0.252 e. The molecule has 25 heavy (non-hydrogen) atoms. The summed E-state index contributed by atoms with van der Waals surface area (Å²) < 4.78 is 28.6. The summed E-state index contributed by atoms with van der Waals surface area (Å²) in [6.07, 6.45) is 0. The fraction of sp³-hybridized carbons (Fsp3) is 0.222. The van der Waals surface area contributed by atoms with Crippen molar-refractivity contribution in [2.75, 3.05) is 21.3 Å². The van der Waals surface area contributed by atoms with E-state index in [-0.39, 0.29) is 5.56 Å². The Bertz CT molecular complexity index is 775. The van der Waals surface area contributed by atoms with Crippen LogP contribution in [0.4, 0.5) is 4.39 Å². The first-order valence-corrected chi connectivity index (χ1v) is 7.30. The minimum Gasteiger partial charge on any atom is -0.493 e. The first-order valence-electron chi connectivity index (χ1n) is 7.30. The minimum atomic E-state index is -0.924. The van der Waals surface area contributed by atoms with Crippen LogP contribution in [-0.4, -0.2) is 27.2 Å². The molecule has 0 bridgehead atoms. The Morgan fingerprint density at radius 2 is 1.64 bits per heavy atom. The van der Waals surface area contributed by atoms with Gasteiger partial charge in [0.15, 0.2) is 11.5 Å². The third kappa shape index (κ3) is 3.98. The van der Waals surface area contributed by atoms with E-state index in [1.165, 1.54) is 57.7 Å². The highest BCUT2D eigenvalue weighted by Crippen LogP contribution is 2.38. The van der Waals surface area contributed by atoms with Crippen LogP contribution in [0.25, 0.3) is 0 Å². The molecule has 2 aromatic rings. The molecule has 1 amide bonds. The third-order valence-corrected chi connectivity index (χ3v) is 3.53. The molecular formula is C18H17FN2O4. The number of amides is 1. The molecule has 0 aliphatic carbocycles. The van der Waals surface area contributed by atoms with Gasteiger partial charge in [-0.15, -0.1) is 0 Å². The van der Waals surface area contributed by atoms with Crippen molar-refractivity contribution < 1.29 is 23.4 Å². The monoisotopic (exact) mass is 344 g/mol. The molecule has 0 aliphatic heterocycles. The van der Waals surface area contributed by atoms with Gasteiger partial charge in [-0.1, -0.05) is 12.1 Å². The highest BCUT2D eigenvalue weighted by molar-refractivity contribution is 5.96. The van der Waals surface area contributed by atoms with Crippen molar-refractivity contribution in [3.05, 3.63) is 53.3 Å². The van der Waals surface area contributed by atoms with Gasteiger partial charge in [-0.3, -0.25) is 4.79 Å². The quantitative estimate of drug-likeness (QED) is 0.871. The average molecular weight is 344 g/mol. The lowest BCUT2D eigenvalue weighted by molar-refractivity contribution is 0.0944. The van der Waals surface area contributed by atoms with E-state index in [9.17, 15) is 14.4 Å². The van der Waals surface area contributed by atoms with Crippen molar-refractivity contribution in [2.24, 2.45) is 0 Å². The summed E-state index contributed by atoms with van der Waals surface area (Å²) in [6, 6.07) is 9.36. The van der Waals surface area contributed by atoms with Crippen LogP contribution in [0.1, 0.15) is 22.0 Å². The second-order valence-electron chi connectivity index (χ2n) is 5.00. The summed E-state index contributed by atoms with van der Waals surface area (Å²) >= 11 is 0. The summed E-state index contributed by atoms with van der Waals surface area (Å²) in [4.78, 5) is 12.5. The normalized spacial score (nSPS) is 11.2. The maximum absolute atomic E-state index is 13.0. The largest absolute Gasteiger partial charge is 0.493 e. The third-order valence-electron chi connectivity index (χ3n) is 3.53. The number of carbonyl (C=O) groups excluding carboxylic acids is 1. The Balaban J connectivity index is 2.30. The number of hydrogen-bond donors (Lipinski definition) is 1. The molecule has 7 heteroatoms. The number of methoxy groups -OCH3 is 3. The van der Waals surface area contributed by atoms with Crippen LogP contribution in [0.5, 0.6) is 17.2 Å². The SMILES string of the molecule is COc1cc(C(=O)N[C@H](C#N)c2ccc(F)cc2)cc(OC)c1OC. The van der Waals surface area contributed by atoms with Gasteiger partial charge in [-0.2, -0.15) is 5.26 Å². The van der Waals surface area contributed by atoms with Gasteiger partial charge >= 0.3 is 0 Å². The van der Waals surface area contributed by atoms with E-state index in [4.69, 9.17) is 14.2 Å². The molecule has 0 aromatic heterocycles.